The molecule has 2 heterocycles. The first-order valence-corrected chi connectivity index (χ1v) is 12.9. The molecule has 1 saturated heterocycles. The Morgan fingerprint density at radius 2 is 1.69 bits per heavy atom. The number of hydrogen-bond acceptors (Lipinski definition) is 4. The number of carbonyl (C=O) groups excluding carboxylic acids is 2. The second kappa shape index (κ2) is 15.1. The van der Waals surface area contributed by atoms with E-state index in [0.29, 0.717) is 13.0 Å². The minimum atomic E-state index is -0.125. The largest absolute Gasteiger partial charge is 0.465 e. The molecule has 1 aliphatic rings. The zero-order valence-corrected chi connectivity index (χ0v) is 20.7. The van der Waals surface area contributed by atoms with E-state index < -0.39 is 0 Å². The normalized spacial score (nSPS) is 18.2. The number of rotatable bonds is 17. The first-order chi connectivity index (χ1) is 15.5. The molecular weight excluding hydrogens is 404 g/mol. The van der Waals surface area contributed by atoms with Crippen molar-refractivity contribution in [3.63, 3.8) is 0 Å². The quantitative estimate of drug-likeness (QED) is 0.185. The third kappa shape index (κ3) is 9.33. The molecule has 0 unspecified atom stereocenters. The van der Waals surface area contributed by atoms with E-state index in [0.717, 1.165) is 31.4 Å². The monoisotopic (exact) mass is 449 g/mol. The molecule has 0 spiro atoms. The fraction of sp³-hybridized carbons (Fsp3) is 0.808. The van der Waals surface area contributed by atoms with Crippen LogP contribution in [0.2, 0.25) is 0 Å². The Labute approximate surface area is 194 Å². The van der Waals surface area contributed by atoms with Crippen molar-refractivity contribution in [2.24, 2.45) is 18.9 Å². The molecule has 2 atom stereocenters. The average Bonchev–Trinajstić information content (AvgIpc) is 3.31. The van der Waals surface area contributed by atoms with Crippen LogP contribution in [0.4, 0.5) is 0 Å². The molecule has 0 saturated carbocycles. The van der Waals surface area contributed by atoms with Crippen LogP contribution in [0.5, 0.6) is 0 Å². The number of ether oxygens (including phenoxy) is 2. The van der Waals surface area contributed by atoms with Gasteiger partial charge in [-0.25, -0.2) is 9.13 Å². The van der Waals surface area contributed by atoms with E-state index in [1.807, 2.05) is 35.6 Å². The Morgan fingerprint density at radius 3 is 2.31 bits per heavy atom. The van der Waals surface area contributed by atoms with E-state index in [9.17, 15) is 9.59 Å². The Kier molecular flexibility index (Phi) is 12.4. The topological polar surface area (TPSA) is 61.4 Å². The fourth-order valence-corrected chi connectivity index (χ4v) is 4.61. The van der Waals surface area contributed by atoms with E-state index in [1.54, 1.807) is 0 Å². The predicted molar refractivity (Wildman–Crippen MR) is 125 cm³/mol. The van der Waals surface area contributed by atoms with Gasteiger partial charge in [-0.05, 0) is 12.8 Å². The van der Waals surface area contributed by atoms with Crippen LogP contribution in [0.3, 0.4) is 0 Å². The highest BCUT2D eigenvalue weighted by molar-refractivity contribution is 5.74. The number of nitrogens with zero attached hydrogens (tertiary/aromatic N) is 2. The first kappa shape index (κ1) is 26.4. The summed E-state index contributed by atoms with van der Waals surface area (Å²) in [7, 11) is 1.98. The van der Waals surface area contributed by atoms with Crippen molar-refractivity contribution < 1.29 is 23.6 Å². The third-order valence-corrected chi connectivity index (χ3v) is 6.67. The van der Waals surface area contributed by atoms with Crippen LogP contribution in [0.25, 0.3) is 0 Å². The summed E-state index contributed by atoms with van der Waals surface area (Å²) < 4.78 is 14.6. The zero-order valence-electron chi connectivity index (χ0n) is 20.7. The van der Waals surface area contributed by atoms with Crippen LogP contribution in [0.1, 0.15) is 103 Å². The van der Waals surface area contributed by atoms with Crippen molar-refractivity contribution in [3.8, 4) is 0 Å². The second-order valence-electron chi connectivity index (χ2n) is 9.40. The first-order valence-electron chi connectivity index (χ1n) is 12.9. The highest BCUT2D eigenvalue weighted by atomic mass is 16.5. The standard InChI is InChI=1S/C26H45N2O4/c1-4-6-7-8-9-10-11-12-13-14-15-16-25(29)32-21-28-18-23(27(3)20-28)17-22-19-31-26(30)24(22)5-2/h18,20,22,24H,4-17,19,21H2,1-3H3/q+1/t22-,24-/m0/s1. The SMILES string of the molecule is CCCCCCCCCCCCCC(=O)OC[n+]1cc(C[C@H]2COC(=O)[C@H]2CC)n(C)c1. The molecule has 0 aromatic carbocycles. The van der Waals surface area contributed by atoms with Gasteiger partial charge in [-0.1, -0.05) is 78.1 Å². The maximum absolute atomic E-state index is 12.1. The summed E-state index contributed by atoms with van der Waals surface area (Å²) in [6.07, 6.45) is 20.0. The van der Waals surface area contributed by atoms with Gasteiger partial charge in [-0.3, -0.25) is 9.59 Å². The molecule has 0 radical (unpaired) electrons. The molecule has 1 aromatic heterocycles. The van der Waals surface area contributed by atoms with Crippen LogP contribution in [0, 0.1) is 11.8 Å². The summed E-state index contributed by atoms with van der Waals surface area (Å²) in [4.78, 5) is 23.9. The van der Waals surface area contributed by atoms with Gasteiger partial charge in [0, 0.05) is 18.8 Å². The van der Waals surface area contributed by atoms with Gasteiger partial charge in [0.1, 0.15) is 11.9 Å². The van der Waals surface area contributed by atoms with Gasteiger partial charge < -0.3 is 9.47 Å². The van der Waals surface area contributed by atoms with Gasteiger partial charge in [0.05, 0.1) is 19.6 Å². The van der Waals surface area contributed by atoms with Gasteiger partial charge in [-0.2, -0.15) is 0 Å². The summed E-state index contributed by atoms with van der Waals surface area (Å²) >= 11 is 0. The summed E-state index contributed by atoms with van der Waals surface area (Å²) in [5, 5.41) is 0. The van der Waals surface area contributed by atoms with E-state index >= 15 is 0 Å². The number of hydrogen-bond donors (Lipinski definition) is 0. The lowest BCUT2D eigenvalue weighted by Crippen LogP contribution is -2.33. The molecule has 0 N–H and O–H groups in total. The van der Waals surface area contributed by atoms with E-state index in [-0.39, 0.29) is 30.5 Å². The predicted octanol–water partition coefficient (Wildman–Crippen LogP) is 5.26. The minimum absolute atomic E-state index is 0.0121. The number of aryl methyl sites for hydroxylation is 1. The van der Waals surface area contributed by atoms with Gasteiger partial charge in [0.2, 0.25) is 13.1 Å². The number of unbranched alkanes of at least 4 members (excludes halogenated alkanes) is 10. The number of imidazole rings is 1. The Bertz CT molecular complexity index is 685. The number of carbonyl (C=O) groups is 2. The van der Waals surface area contributed by atoms with Gasteiger partial charge in [0.15, 0.2) is 0 Å². The summed E-state index contributed by atoms with van der Waals surface area (Å²) in [6, 6.07) is 0. The lowest BCUT2D eigenvalue weighted by molar-refractivity contribution is -0.727. The summed E-state index contributed by atoms with van der Waals surface area (Å²) in [5.41, 5.74) is 1.12. The molecular formula is C26H45N2O4+. The van der Waals surface area contributed by atoms with Crippen LogP contribution >= 0.6 is 0 Å². The molecule has 182 valence electrons. The molecule has 0 aliphatic carbocycles. The molecule has 1 aromatic rings. The Hall–Kier alpha value is -1.85. The molecule has 0 amide bonds. The molecule has 0 bridgehead atoms. The van der Waals surface area contributed by atoms with Crippen LogP contribution < -0.4 is 4.57 Å². The van der Waals surface area contributed by atoms with Crippen LogP contribution in [-0.2, 0) is 39.3 Å². The maximum atomic E-state index is 12.1. The smallest absolute Gasteiger partial charge is 0.309 e. The summed E-state index contributed by atoms with van der Waals surface area (Å²) in [6.45, 7) is 5.02. The number of aromatic nitrogens is 2. The van der Waals surface area contributed by atoms with Gasteiger partial charge >= 0.3 is 11.9 Å². The summed E-state index contributed by atoms with van der Waals surface area (Å²) in [5.74, 6) is 0.00993. The lowest BCUT2D eigenvalue weighted by Gasteiger charge is -2.10. The Balaban J connectivity index is 1.55. The Morgan fingerprint density at radius 1 is 1.06 bits per heavy atom. The highest BCUT2D eigenvalue weighted by Gasteiger charge is 2.36. The van der Waals surface area contributed by atoms with E-state index in [1.165, 1.54) is 57.8 Å². The average molecular weight is 450 g/mol. The fourth-order valence-electron chi connectivity index (χ4n) is 4.61. The molecule has 32 heavy (non-hydrogen) atoms. The van der Waals surface area contributed by atoms with Crippen molar-refractivity contribution in [3.05, 3.63) is 18.2 Å². The maximum Gasteiger partial charge on any atom is 0.309 e. The second-order valence-corrected chi connectivity index (χ2v) is 9.40. The van der Waals surface area contributed by atoms with Crippen molar-refractivity contribution in [2.45, 2.75) is 110 Å². The van der Waals surface area contributed by atoms with E-state index in [2.05, 4.69) is 6.92 Å². The molecule has 2 rings (SSSR count). The van der Waals surface area contributed by atoms with Gasteiger partial charge in [-0.15, -0.1) is 0 Å². The van der Waals surface area contributed by atoms with Crippen LogP contribution in [-0.4, -0.2) is 23.1 Å². The highest BCUT2D eigenvalue weighted by Crippen LogP contribution is 2.27. The van der Waals surface area contributed by atoms with Crippen molar-refractivity contribution >= 4 is 11.9 Å². The molecule has 1 aliphatic heterocycles. The zero-order chi connectivity index (χ0) is 23.2. The number of esters is 2. The van der Waals surface area contributed by atoms with Crippen molar-refractivity contribution in [2.75, 3.05) is 6.61 Å². The van der Waals surface area contributed by atoms with E-state index in [4.69, 9.17) is 9.47 Å². The van der Waals surface area contributed by atoms with Crippen LogP contribution in [0.15, 0.2) is 12.5 Å². The van der Waals surface area contributed by atoms with Crippen molar-refractivity contribution in [1.82, 2.24) is 4.57 Å². The molecule has 1 fully saturated rings. The molecule has 6 heteroatoms. The third-order valence-electron chi connectivity index (χ3n) is 6.67. The minimum Gasteiger partial charge on any atom is -0.465 e. The molecule has 6 nitrogen and oxygen atoms in total. The lowest BCUT2D eigenvalue weighted by atomic mass is 9.89. The van der Waals surface area contributed by atoms with Crippen molar-refractivity contribution in [1.29, 1.82) is 0 Å². The number of cyclic esters (lactones) is 1. The van der Waals surface area contributed by atoms with Gasteiger partial charge in [0.25, 0.3) is 0 Å².